The van der Waals surface area contributed by atoms with Gasteiger partial charge < -0.3 is 19.4 Å². The summed E-state index contributed by atoms with van der Waals surface area (Å²) in [5.41, 5.74) is 3.88. The van der Waals surface area contributed by atoms with Crippen molar-refractivity contribution in [2.45, 2.75) is 91.7 Å². The van der Waals surface area contributed by atoms with E-state index >= 15 is 0 Å². The normalized spacial score (nSPS) is 21.9. The minimum Gasteiger partial charge on any atom is -0.490 e. The van der Waals surface area contributed by atoms with Crippen LogP contribution in [0.1, 0.15) is 80.7 Å². The number of piperazine rings is 1. The molecule has 4 aliphatic rings. The van der Waals surface area contributed by atoms with Crippen LogP contribution in [-0.2, 0) is 21.9 Å². The van der Waals surface area contributed by atoms with Gasteiger partial charge in [0.1, 0.15) is 17.4 Å². The Morgan fingerprint density at radius 3 is 1.98 bits per heavy atom. The van der Waals surface area contributed by atoms with Crippen LogP contribution in [0.15, 0.2) is 6.07 Å². The van der Waals surface area contributed by atoms with Crippen LogP contribution in [0.2, 0.25) is 0 Å². The van der Waals surface area contributed by atoms with E-state index in [1.807, 2.05) is 0 Å². The zero-order valence-corrected chi connectivity index (χ0v) is 29.0. The maximum atomic E-state index is 13.7. The molecule has 2 unspecified atom stereocenters. The maximum absolute atomic E-state index is 13.7. The molecule has 1 aromatic heterocycles. The van der Waals surface area contributed by atoms with Gasteiger partial charge in [-0.15, -0.1) is 0 Å². The molecule has 0 amide bonds. The zero-order chi connectivity index (χ0) is 32.6. The van der Waals surface area contributed by atoms with Crippen molar-refractivity contribution in [3.05, 3.63) is 33.9 Å². The summed E-state index contributed by atoms with van der Waals surface area (Å²) in [6, 6.07) is 2.17. The summed E-state index contributed by atoms with van der Waals surface area (Å²) in [6.45, 7) is 21.3. The predicted octanol–water partition coefficient (Wildman–Crippen LogP) is 4.63. The van der Waals surface area contributed by atoms with Gasteiger partial charge in [-0.05, 0) is 107 Å². The Morgan fingerprint density at radius 1 is 0.848 bits per heavy atom. The smallest absolute Gasteiger partial charge is 0.381 e. The molecule has 3 saturated heterocycles. The molecule has 1 aromatic carbocycles. The number of anilines is 3. The monoisotopic (exact) mass is 632 g/mol. The molecule has 251 valence electrons. The number of nitrogens with zero attached hydrogens (tertiary/aromatic N) is 7. The van der Waals surface area contributed by atoms with Crippen LogP contribution in [-0.4, -0.2) is 104 Å². The number of hydrogen-bond acceptors (Lipinski definition) is 9. The summed E-state index contributed by atoms with van der Waals surface area (Å²) in [5, 5.41) is 13.7. The Kier molecular flexibility index (Phi) is 9.67. The van der Waals surface area contributed by atoms with E-state index in [4.69, 9.17) is 14.7 Å². The fourth-order valence-electron chi connectivity index (χ4n) is 8.47. The highest BCUT2D eigenvalue weighted by molar-refractivity contribution is 5.83. The third-order valence-electron chi connectivity index (χ3n) is 11.2. The topological polar surface area (TPSA) is 88.2 Å². The van der Waals surface area contributed by atoms with E-state index in [9.17, 15) is 9.90 Å². The SMILES string of the molecule is CCN(CC)C(CN1CCN(c2cc(N3CCCC3)nc(N3CCCC3)n2)CC1)(C([O])=O)c1c(C)c(C)c2c(c1C)CCC(C)O2. The van der Waals surface area contributed by atoms with Gasteiger partial charge >= 0.3 is 5.97 Å². The van der Waals surface area contributed by atoms with E-state index < -0.39 is 11.5 Å². The molecule has 1 radical (unpaired) electrons. The second-order valence-electron chi connectivity index (χ2n) is 13.9. The first-order valence-corrected chi connectivity index (χ1v) is 17.8. The summed E-state index contributed by atoms with van der Waals surface area (Å²) >= 11 is 0. The fourth-order valence-corrected chi connectivity index (χ4v) is 8.47. The highest BCUT2D eigenvalue weighted by Crippen LogP contribution is 2.44. The number of benzene rings is 1. The molecule has 10 nitrogen and oxygen atoms in total. The van der Waals surface area contributed by atoms with Crippen LogP contribution in [0.5, 0.6) is 5.75 Å². The summed E-state index contributed by atoms with van der Waals surface area (Å²) in [7, 11) is 0. The van der Waals surface area contributed by atoms with E-state index in [0.717, 1.165) is 116 Å². The highest BCUT2D eigenvalue weighted by atomic mass is 16.5. The zero-order valence-electron chi connectivity index (χ0n) is 29.0. The van der Waals surface area contributed by atoms with Gasteiger partial charge in [0, 0.05) is 65.0 Å². The lowest BCUT2D eigenvalue weighted by Gasteiger charge is -2.46. The molecule has 3 fully saturated rings. The molecule has 5 heterocycles. The number of carbonyl (C=O) groups is 1. The molecule has 0 bridgehead atoms. The molecule has 0 aliphatic carbocycles. The lowest BCUT2D eigenvalue weighted by molar-refractivity contribution is -0.161. The van der Waals surface area contributed by atoms with Gasteiger partial charge in [-0.1, -0.05) is 13.8 Å². The van der Waals surface area contributed by atoms with Crippen molar-refractivity contribution in [2.75, 3.05) is 86.7 Å². The second-order valence-corrected chi connectivity index (χ2v) is 13.9. The number of rotatable bonds is 10. The van der Waals surface area contributed by atoms with Crippen molar-refractivity contribution in [1.29, 1.82) is 0 Å². The van der Waals surface area contributed by atoms with Gasteiger partial charge in [0.25, 0.3) is 0 Å². The quantitative estimate of drug-likeness (QED) is 0.372. The van der Waals surface area contributed by atoms with Gasteiger partial charge in [-0.2, -0.15) is 9.97 Å². The molecule has 0 N–H and O–H groups in total. The molecule has 2 aromatic rings. The largest absolute Gasteiger partial charge is 0.490 e. The van der Waals surface area contributed by atoms with Crippen LogP contribution in [0.25, 0.3) is 0 Å². The third-order valence-corrected chi connectivity index (χ3v) is 11.2. The van der Waals surface area contributed by atoms with Crippen molar-refractivity contribution in [3.8, 4) is 5.75 Å². The number of aromatic nitrogens is 2. The molecule has 10 heteroatoms. The van der Waals surface area contributed by atoms with Crippen molar-refractivity contribution in [3.63, 3.8) is 0 Å². The Labute approximate surface area is 275 Å². The summed E-state index contributed by atoms with van der Waals surface area (Å²) in [5.74, 6) is 2.81. The van der Waals surface area contributed by atoms with E-state index in [1.165, 1.54) is 25.7 Å². The highest BCUT2D eigenvalue weighted by Gasteiger charge is 2.50. The molecule has 0 spiro atoms. The Hall–Kier alpha value is -3.11. The third kappa shape index (κ3) is 5.91. The van der Waals surface area contributed by atoms with Crippen molar-refractivity contribution in [1.82, 2.24) is 19.8 Å². The average Bonchev–Trinajstić information content (AvgIpc) is 3.80. The summed E-state index contributed by atoms with van der Waals surface area (Å²) < 4.78 is 6.34. The first-order valence-electron chi connectivity index (χ1n) is 17.8. The number of ether oxygens (including phenoxy) is 1. The second kappa shape index (κ2) is 13.6. The van der Waals surface area contributed by atoms with Crippen LogP contribution < -0.4 is 19.4 Å². The van der Waals surface area contributed by atoms with Crippen LogP contribution >= 0.6 is 0 Å². The van der Waals surface area contributed by atoms with Crippen molar-refractivity contribution < 1.29 is 14.6 Å². The summed E-state index contributed by atoms with van der Waals surface area (Å²) in [6.07, 6.45) is 6.78. The van der Waals surface area contributed by atoms with E-state index in [-0.39, 0.29) is 6.10 Å². The summed E-state index contributed by atoms with van der Waals surface area (Å²) in [4.78, 5) is 35.3. The number of likely N-dealkylation sites (N-methyl/N-ethyl adjacent to an activating group) is 1. The Bertz CT molecular complexity index is 1370. The van der Waals surface area contributed by atoms with E-state index in [1.54, 1.807) is 0 Å². The lowest BCUT2D eigenvalue weighted by Crippen LogP contribution is -2.61. The number of hydrogen-bond donors (Lipinski definition) is 0. The standard InChI is InChI=1S/C36H54N7O3/c1-7-43(8-2)36(34(44)45,32-26(4)27(5)33-29(28(32)6)14-13-25(3)46-33)24-39-19-21-41(22-20-39)31-23-30(40-15-9-10-16-40)37-35(38-31)42-17-11-12-18-42/h23,25H,7-22,24H2,1-6H3. The van der Waals surface area contributed by atoms with Gasteiger partial charge in [-0.3, -0.25) is 9.80 Å². The molecule has 46 heavy (non-hydrogen) atoms. The molecular weight excluding hydrogens is 578 g/mol. The Morgan fingerprint density at radius 2 is 1.41 bits per heavy atom. The first kappa shape index (κ1) is 32.8. The molecule has 2 atom stereocenters. The maximum Gasteiger partial charge on any atom is 0.381 e. The Balaban J connectivity index is 1.30. The van der Waals surface area contributed by atoms with Crippen LogP contribution in [0.3, 0.4) is 0 Å². The number of carbonyl (C=O) groups excluding carboxylic acids is 1. The fraction of sp³-hybridized carbons (Fsp3) is 0.694. The van der Waals surface area contributed by atoms with E-state index in [2.05, 4.69) is 72.1 Å². The first-order chi connectivity index (χ1) is 22.2. The minimum atomic E-state index is -1.27. The van der Waals surface area contributed by atoms with Crippen LogP contribution in [0, 0.1) is 20.8 Å². The van der Waals surface area contributed by atoms with Crippen molar-refractivity contribution in [2.24, 2.45) is 0 Å². The minimum absolute atomic E-state index is 0.161. The molecule has 0 saturated carbocycles. The molecule has 6 rings (SSSR count). The molecule has 4 aliphatic heterocycles. The molecular formula is C36H54N7O3. The number of fused-ring (bicyclic) bond motifs is 1. The average molecular weight is 633 g/mol. The van der Waals surface area contributed by atoms with Gasteiger partial charge in [-0.25, -0.2) is 9.90 Å². The van der Waals surface area contributed by atoms with Gasteiger partial charge in [0.15, 0.2) is 5.54 Å². The van der Waals surface area contributed by atoms with E-state index in [0.29, 0.717) is 19.6 Å². The van der Waals surface area contributed by atoms with Crippen molar-refractivity contribution >= 4 is 23.6 Å². The predicted molar refractivity (Wildman–Crippen MR) is 183 cm³/mol. The van der Waals surface area contributed by atoms with Crippen LogP contribution in [0.4, 0.5) is 17.6 Å². The lowest BCUT2D eigenvalue weighted by atomic mass is 9.76. The van der Waals surface area contributed by atoms with Gasteiger partial charge in [0.2, 0.25) is 5.95 Å². The van der Waals surface area contributed by atoms with Gasteiger partial charge in [0.05, 0.1) is 6.10 Å².